The van der Waals surface area contributed by atoms with Crippen LogP contribution in [0.3, 0.4) is 0 Å². The molecule has 104 valence electrons. The van der Waals surface area contributed by atoms with E-state index < -0.39 is 11.4 Å². The van der Waals surface area contributed by atoms with Gasteiger partial charge < -0.3 is 10.2 Å². The maximum absolute atomic E-state index is 11.4. The van der Waals surface area contributed by atoms with Crippen molar-refractivity contribution in [3.8, 4) is 5.75 Å². The molecule has 19 heavy (non-hydrogen) atoms. The molecule has 1 aromatic carbocycles. The maximum Gasteiger partial charge on any atom is 0.309 e. The van der Waals surface area contributed by atoms with Gasteiger partial charge in [0, 0.05) is 12.1 Å². The van der Waals surface area contributed by atoms with Gasteiger partial charge in [-0.15, -0.1) is 0 Å². The number of aromatic hydroxyl groups is 1. The second-order valence-electron chi connectivity index (χ2n) is 5.34. The van der Waals surface area contributed by atoms with Gasteiger partial charge in [-0.05, 0) is 38.4 Å². The number of phenolic OH excluding ortho intramolecular Hbond substituents is 1. The Hall–Kier alpha value is -1.55. The van der Waals surface area contributed by atoms with Crippen LogP contribution in [0.2, 0.25) is 0 Å². The third-order valence-electron chi connectivity index (χ3n) is 4.33. The fourth-order valence-electron chi connectivity index (χ4n) is 2.74. The molecule has 0 spiro atoms. The van der Waals surface area contributed by atoms with Crippen LogP contribution in [0.4, 0.5) is 0 Å². The summed E-state index contributed by atoms with van der Waals surface area (Å²) in [5.41, 5.74) is 0.358. The van der Waals surface area contributed by atoms with Crippen LogP contribution < -0.4 is 0 Å². The molecule has 1 heterocycles. The molecule has 0 radical (unpaired) electrons. The summed E-state index contributed by atoms with van der Waals surface area (Å²) in [6, 6.07) is 7.31. The van der Waals surface area contributed by atoms with Crippen LogP contribution in [0.1, 0.15) is 31.7 Å². The summed E-state index contributed by atoms with van der Waals surface area (Å²) in [4.78, 5) is 13.6. The molecule has 4 nitrogen and oxygen atoms in total. The Morgan fingerprint density at radius 2 is 1.95 bits per heavy atom. The lowest BCUT2D eigenvalue weighted by molar-refractivity contribution is -0.152. The van der Waals surface area contributed by atoms with Crippen LogP contribution in [0.15, 0.2) is 24.3 Å². The summed E-state index contributed by atoms with van der Waals surface area (Å²) in [5.74, 6) is -0.356. The highest BCUT2D eigenvalue weighted by molar-refractivity contribution is 5.74. The molecule has 0 saturated carbocycles. The first-order valence-electron chi connectivity index (χ1n) is 6.80. The number of likely N-dealkylation sites (tertiary alicyclic amines) is 1. The molecule has 0 atom stereocenters. The van der Waals surface area contributed by atoms with Crippen molar-refractivity contribution in [2.24, 2.45) is 5.41 Å². The number of carboxylic acids is 1. The van der Waals surface area contributed by atoms with Crippen LogP contribution in [0.25, 0.3) is 0 Å². The van der Waals surface area contributed by atoms with E-state index in [1.165, 1.54) is 0 Å². The van der Waals surface area contributed by atoms with Gasteiger partial charge in [-0.1, -0.05) is 25.1 Å². The molecule has 1 aromatic rings. The first-order chi connectivity index (χ1) is 9.07. The minimum atomic E-state index is -0.669. The van der Waals surface area contributed by atoms with E-state index in [0.29, 0.717) is 31.6 Å². The minimum Gasteiger partial charge on any atom is -0.508 e. The molecule has 1 aliphatic rings. The van der Waals surface area contributed by atoms with Crippen molar-refractivity contribution in [1.82, 2.24) is 4.90 Å². The van der Waals surface area contributed by atoms with Gasteiger partial charge in [0.1, 0.15) is 5.75 Å². The lowest BCUT2D eigenvalue weighted by Crippen LogP contribution is -2.43. The lowest BCUT2D eigenvalue weighted by Gasteiger charge is -2.38. The number of hydrogen-bond donors (Lipinski definition) is 2. The number of rotatable bonds is 4. The Morgan fingerprint density at radius 1 is 1.32 bits per heavy atom. The van der Waals surface area contributed by atoms with E-state index in [-0.39, 0.29) is 0 Å². The molecular weight excluding hydrogens is 242 g/mol. The Balaban J connectivity index is 1.97. The zero-order valence-electron chi connectivity index (χ0n) is 11.3. The van der Waals surface area contributed by atoms with E-state index in [1.54, 1.807) is 6.07 Å². The number of carbonyl (C=O) groups is 1. The van der Waals surface area contributed by atoms with Crippen LogP contribution in [-0.4, -0.2) is 34.2 Å². The summed E-state index contributed by atoms with van der Waals surface area (Å²) in [6.07, 6.45) is 2.06. The quantitative estimate of drug-likeness (QED) is 0.876. The Bertz CT molecular complexity index is 450. The summed E-state index contributed by atoms with van der Waals surface area (Å²) in [5, 5.41) is 19.1. The number of carboxylic acid groups (broad SMARTS) is 1. The van der Waals surface area contributed by atoms with Gasteiger partial charge in [-0.2, -0.15) is 0 Å². The molecule has 1 aliphatic heterocycles. The average Bonchev–Trinajstić information content (AvgIpc) is 2.42. The van der Waals surface area contributed by atoms with Crippen molar-refractivity contribution >= 4 is 5.97 Å². The predicted octanol–water partition coefficient (Wildman–Crippen LogP) is 2.47. The molecule has 2 rings (SSSR count). The smallest absolute Gasteiger partial charge is 0.309 e. The molecular formula is C15H21NO3. The molecule has 0 bridgehead atoms. The molecule has 0 unspecified atom stereocenters. The first-order valence-corrected chi connectivity index (χ1v) is 6.80. The Labute approximate surface area is 113 Å². The third kappa shape index (κ3) is 2.89. The van der Waals surface area contributed by atoms with Gasteiger partial charge >= 0.3 is 5.97 Å². The normalized spacial score (nSPS) is 19.2. The third-order valence-corrected chi connectivity index (χ3v) is 4.33. The molecule has 0 aliphatic carbocycles. The average molecular weight is 263 g/mol. The number of aliphatic carboxylic acids is 1. The highest BCUT2D eigenvalue weighted by Gasteiger charge is 2.39. The SMILES string of the molecule is CCC1(C(=O)O)CCN(Cc2ccccc2O)CC1. The van der Waals surface area contributed by atoms with E-state index in [1.807, 2.05) is 25.1 Å². The van der Waals surface area contributed by atoms with Crippen LogP contribution in [-0.2, 0) is 11.3 Å². The molecule has 0 amide bonds. The molecule has 1 saturated heterocycles. The second-order valence-corrected chi connectivity index (χ2v) is 5.34. The summed E-state index contributed by atoms with van der Waals surface area (Å²) in [7, 11) is 0. The van der Waals surface area contributed by atoms with Crippen molar-refractivity contribution in [3.63, 3.8) is 0 Å². The molecule has 1 fully saturated rings. The first kappa shape index (κ1) is 13.9. The Morgan fingerprint density at radius 3 is 2.47 bits per heavy atom. The minimum absolute atomic E-state index is 0.313. The standard InChI is InChI=1S/C15H21NO3/c1-2-15(14(18)19)7-9-16(10-8-15)11-12-5-3-4-6-13(12)17/h3-6,17H,2,7-11H2,1H3,(H,18,19). The van der Waals surface area contributed by atoms with Gasteiger partial charge in [-0.3, -0.25) is 9.69 Å². The zero-order valence-corrected chi connectivity index (χ0v) is 11.3. The van der Waals surface area contributed by atoms with E-state index in [0.717, 1.165) is 18.7 Å². The number of para-hydroxylation sites is 1. The van der Waals surface area contributed by atoms with Crippen molar-refractivity contribution in [2.45, 2.75) is 32.7 Å². The number of hydrogen-bond acceptors (Lipinski definition) is 3. The zero-order chi connectivity index (χ0) is 13.9. The number of nitrogens with zero attached hydrogens (tertiary/aromatic N) is 1. The number of benzene rings is 1. The van der Waals surface area contributed by atoms with Crippen molar-refractivity contribution in [1.29, 1.82) is 0 Å². The summed E-state index contributed by atoms with van der Waals surface area (Å²) >= 11 is 0. The van der Waals surface area contributed by atoms with Gasteiger partial charge in [0.15, 0.2) is 0 Å². The number of phenols is 1. The second kappa shape index (κ2) is 5.61. The highest BCUT2D eigenvalue weighted by Crippen LogP contribution is 2.35. The summed E-state index contributed by atoms with van der Waals surface area (Å²) < 4.78 is 0. The van der Waals surface area contributed by atoms with E-state index in [9.17, 15) is 15.0 Å². The van der Waals surface area contributed by atoms with Gasteiger partial charge in [0.2, 0.25) is 0 Å². The van der Waals surface area contributed by atoms with Crippen LogP contribution in [0, 0.1) is 5.41 Å². The highest BCUT2D eigenvalue weighted by atomic mass is 16.4. The van der Waals surface area contributed by atoms with E-state index in [4.69, 9.17) is 0 Å². The molecule has 0 aromatic heterocycles. The van der Waals surface area contributed by atoms with Crippen LogP contribution in [0.5, 0.6) is 5.75 Å². The maximum atomic E-state index is 11.4. The Kier molecular flexibility index (Phi) is 4.10. The monoisotopic (exact) mass is 263 g/mol. The van der Waals surface area contributed by atoms with Crippen molar-refractivity contribution in [2.75, 3.05) is 13.1 Å². The van der Waals surface area contributed by atoms with Crippen molar-refractivity contribution < 1.29 is 15.0 Å². The summed E-state index contributed by atoms with van der Waals surface area (Å²) in [6.45, 7) is 4.18. The van der Waals surface area contributed by atoms with Gasteiger partial charge in [-0.25, -0.2) is 0 Å². The molecule has 2 N–H and O–H groups in total. The fraction of sp³-hybridized carbons (Fsp3) is 0.533. The van der Waals surface area contributed by atoms with Crippen LogP contribution >= 0.6 is 0 Å². The van der Waals surface area contributed by atoms with Gasteiger partial charge in [0.05, 0.1) is 5.41 Å². The fourth-order valence-corrected chi connectivity index (χ4v) is 2.74. The number of piperidine rings is 1. The molecule has 4 heteroatoms. The van der Waals surface area contributed by atoms with Crippen molar-refractivity contribution in [3.05, 3.63) is 29.8 Å². The predicted molar refractivity (Wildman–Crippen MR) is 73.0 cm³/mol. The van der Waals surface area contributed by atoms with E-state index >= 15 is 0 Å². The van der Waals surface area contributed by atoms with Gasteiger partial charge in [0.25, 0.3) is 0 Å². The van der Waals surface area contributed by atoms with E-state index in [2.05, 4.69) is 4.90 Å². The topological polar surface area (TPSA) is 60.8 Å². The largest absolute Gasteiger partial charge is 0.508 e. The lowest BCUT2D eigenvalue weighted by atomic mass is 9.76.